The van der Waals surface area contributed by atoms with Gasteiger partial charge in [-0.05, 0) is 57.5 Å². The van der Waals surface area contributed by atoms with Crippen LogP contribution in [0.4, 0.5) is 10.9 Å². The Balaban J connectivity index is 1.78. The van der Waals surface area contributed by atoms with Crippen molar-refractivity contribution >= 4 is 40.0 Å². The number of benzene rings is 1. The number of carbonyl (C=O) groups is 1. The Hall–Kier alpha value is -2.42. The summed E-state index contributed by atoms with van der Waals surface area (Å²) in [6, 6.07) is 11.6. The first-order valence-electron chi connectivity index (χ1n) is 9.63. The van der Waals surface area contributed by atoms with Crippen LogP contribution in [0.25, 0.3) is 0 Å². The minimum atomic E-state index is -0.376. The smallest absolute Gasteiger partial charge is 0.254 e. The highest BCUT2D eigenvalue weighted by atomic mass is 32.2. The van der Waals surface area contributed by atoms with E-state index in [0.717, 1.165) is 25.6 Å². The second-order valence-corrected chi connectivity index (χ2v) is 10.2. The molecule has 0 aliphatic carbocycles. The third-order valence-corrected chi connectivity index (χ3v) is 6.42. The summed E-state index contributed by atoms with van der Waals surface area (Å²) in [6.45, 7) is 8.09. The number of aryl methyl sites for hydroxylation is 1. The van der Waals surface area contributed by atoms with Crippen LogP contribution in [-0.4, -0.2) is 44.6 Å². The second kappa shape index (κ2) is 9.59. The number of nitrogens with zero attached hydrogens (tertiary/aromatic N) is 3. The van der Waals surface area contributed by atoms with Crippen molar-refractivity contribution < 1.29 is 9.90 Å². The summed E-state index contributed by atoms with van der Waals surface area (Å²) in [5, 5.41) is 13.4. The molecule has 158 valence electrons. The van der Waals surface area contributed by atoms with E-state index in [1.165, 1.54) is 11.3 Å². The van der Waals surface area contributed by atoms with Gasteiger partial charge < -0.3 is 15.3 Å². The van der Waals surface area contributed by atoms with E-state index >= 15 is 0 Å². The number of amides is 1. The summed E-state index contributed by atoms with van der Waals surface area (Å²) in [7, 11) is 0. The van der Waals surface area contributed by atoms with Gasteiger partial charge in [0.15, 0.2) is 5.13 Å². The molecule has 0 aliphatic rings. The van der Waals surface area contributed by atoms with Gasteiger partial charge in [-0.1, -0.05) is 35.2 Å². The third-order valence-electron chi connectivity index (χ3n) is 4.42. The molecule has 6 nitrogen and oxygen atoms in total. The molecule has 0 atom stereocenters. The van der Waals surface area contributed by atoms with E-state index in [-0.39, 0.29) is 18.1 Å². The van der Waals surface area contributed by atoms with E-state index in [9.17, 15) is 9.90 Å². The number of thiazole rings is 1. The quantitative estimate of drug-likeness (QED) is 0.538. The standard InChI is InChI=1S/C22H26N4O2S2/c1-15-8-9-16(13-17(15)20(28)26(11-12-27)22(2,3)4)29-19-14-24-21(30-19)25-18-7-5-6-10-23-18/h5-10,13-14,27H,11-12H2,1-4H3,(H,23,24,25). The van der Waals surface area contributed by atoms with Crippen molar-refractivity contribution in [3.63, 3.8) is 0 Å². The molecule has 0 aliphatic heterocycles. The SMILES string of the molecule is Cc1ccc(Sc2cnc(Nc3ccccn3)s2)cc1C(=O)N(CCO)C(C)(C)C. The molecule has 0 spiro atoms. The van der Waals surface area contributed by atoms with Crippen molar-refractivity contribution in [1.82, 2.24) is 14.9 Å². The van der Waals surface area contributed by atoms with Crippen LogP contribution < -0.4 is 5.32 Å². The van der Waals surface area contributed by atoms with Crippen molar-refractivity contribution in [2.75, 3.05) is 18.5 Å². The number of β-amino-alcohol motifs (C(OH)–C–C–N with tert-alkyl or cyclic N) is 1. The predicted molar refractivity (Wildman–Crippen MR) is 123 cm³/mol. The third kappa shape index (κ3) is 5.59. The Morgan fingerprint density at radius 1 is 1.23 bits per heavy atom. The van der Waals surface area contributed by atoms with Crippen molar-refractivity contribution in [3.05, 3.63) is 59.9 Å². The van der Waals surface area contributed by atoms with Gasteiger partial charge in [-0.25, -0.2) is 9.97 Å². The summed E-state index contributed by atoms with van der Waals surface area (Å²) in [5.41, 5.74) is 1.19. The van der Waals surface area contributed by atoms with E-state index < -0.39 is 0 Å². The highest BCUT2D eigenvalue weighted by Gasteiger charge is 2.28. The van der Waals surface area contributed by atoms with Crippen LogP contribution in [0, 0.1) is 6.92 Å². The molecule has 3 aromatic rings. The van der Waals surface area contributed by atoms with Gasteiger partial charge in [0.25, 0.3) is 5.91 Å². The monoisotopic (exact) mass is 442 g/mol. The molecule has 1 aromatic carbocycles. The first-order chi connectivity index (χ1) is 14.3. The number of aliphatic hydroxyl groups excluding tert-OH is 1. The van der Waals surface area contributed by atoms with Crippen LogP contribution >= 0.6 is 23.1 Å². The zero-order valence-electron chi connectivity index (χ0n) is 17.5. The predicted octanol–water partition coefficient (Wildman–Crippen LogP) is 4.97. The summed E-state index contributed by atoms with van der Waals surface area (Å²) >= 11 is 3.10. The molecule has 0 bridgehead atoms. The Morgan fingerprint density at radius 2 is 2.03 bits per heavy atom. The van der Waals surface area contributed by atoms with Gasteiger partial charge in [0.05, 0.1) is 17.0 Å². The minimum Gasteiger partial charge on any atom is -0.395 e. The molecular weight excluding hydrogens is 416 g/mol. The van der Waals surface area contributed by atoms with Gasteiger partial charge in [-0.2, -0.15) is 0 Å². The van der Waals surface area contributed by atoms with Crippen molar-refractivity contribution in [2.24, 2.45) is 0 Å². The fraction of sp³-hybridized carbons (Fsp3) is 0.318. The molecule has 0 saturated carbocycles. The van der Waals surface area contributed by atoms with Gasteiger partial charge in [0, 0.05) is 28.7 Å². The molecule has 2 heterocycles. The number of anilines is 2. The fourth-order valence-electron chi connectivity index (χ4n) is 2.91. The first kappa shape index (κ1) is 22.3. The Morgan fingerprint density at radius 3 is 2.70 bits per heavy atom. The van der Waals surface area contributed by atoms with Gasteiger partial charge in [-0.15, -0.1) is 0 Å². The number of rotatable bonds is 7. The molecule has 0 saturated heterocycles. The van der Waals surface area contributed by atoms with Crippen LogP contribution in [0.2, 0.25) is 0 Å². The van der Waals surface area contributed by atoms with Crippen LogP contribution in [0.1, 0.15) is 36.7 Å². The molecule has 2 aromatic heterocycles. The number of pyridine rings is 1. The van der Waals surface area contributed by atoms with Crippen LogP contribution in [0.15, 0.2) is 57.9 Å². The fourth-order valence-corrected chi connectivity index (χ4v) is 4.81. The Kier molecular flexibility index (Phi) is 7.12. The molecule has 0 fully saturated rings. The lowest BCUT2D eigenvalue weighted by atomic mass is 10.0. The molecule has 0 radical (unpaired) electrons. The molecule has 3 rings (SSSR count). The molecular formula is C22H26N4O2S2. The number of hydrogen-bond donors (Lipinski definition) is 2. The van der Waals surface area contributed by atoms with E-state index in [0.29, 0.717) is 12.1 Å². The number of hydrogen-bond acceptors (Lipinski definition) is 7. The number of carbonyl (C=O) groups excluding carboxylic acids is 1. The van der Waals surface area contributed by atoms with Gasteiger partial charge >= 0.3 is 0 Å². The molecule has 30 heavy (non-hydrogen) atoms. The average molecular weight is 443 g/mol. The van der Waals surface area contributed by atoms with Crippen LogP contribution in [-0.2, 0) is 0 Å². The zero-order valence-corrected chi connectivity index (χ0v) is 19.2. The van der Waals surface area contributed by atoms with Crippen molar-refractivity contribution in [2.45, 2.75) is 42.3 Å². The van der Waals surface area contributed by atoms with Crippen LogP contribution in [0.3, 0.4) is 0 Å². The van der Waals surface area contributed by atoms with Gasteiger partial charge in [0.2, 0.25) is 0 Å². The Labute approximate surface area is 185 Å². The van der Waals surface area contributed by atoms with E-state index in [1.807, 2.05) is 70.3 Å². The maximum absolute atomic E-state index is 13.2. The molecule has 8 heteroatoms. The lowest BCUT2D eigenvalue weighted by Crippen LogP contribution is -2.47. The molecule has 1 amide bonds. The summed E-state index contributed by atoms with van der Waals surface area (Å²) < 4.78 is 1.01. The zero-order chi connectivity index (χ0) is 21.7. The lowest BCUT2D eigenvalue weighted by molar-refractivity contribution is 0.0526. The first-order valence-corrected chi connectivity index (χ1v) is 11.3. The molecule has 2 N–H and O–H groups in total. The lowest BCUT2D eigenvalue weighted by Gasteiger charge is -2.35. The largest absolute Gasteiger partial charge is 0.395 e. The maximum atomic E-state index is 13.2. The summed E-state index contributed by atoms with van der Waals surface area (Å²) in [5.74, 6) is 0.677. The maximum Gasteiger partial charge on any atom is 0.254 e. The summed E-state index contributed by atoms with van der Waals surface area (Å²) in [6.07, 6.45) is 3.54. The Bertz CT molecular complexity index is 1000. The van der Waals surface area contributed by atoms with E-state index in [2.05, 4.69) is 15.3 Å². The highest BCUT2D eigenvalue weighted by Crippen LogP contribution is 2.36. The molecule has 0 unspecified atom stereocenters. The van der Waals surface area contributed by atoms with Crippen LogP contribution in [0.5, 0.6) is 0 Å². The van der Waals surface area contributed by atoms with Gasteiger partial charge in [-0.3, -0.25) is 4.79 Å². The van der Waals surface area contributed by atoms with Gasteiger partial charge in [0.1, 0.15) is 5.82 Å². The second-order valence-electron chi connectivity index (χ2n) is 7.75. The highest BCUT2D eigenvalue weighted by molar-refractivity contribution is 8.01. The minimum absolute atomic E-state index is 0.0661. The average Bonchev–Trinajstić information content (AvgIpc) is 3.13. The normalized spacial score (nSPS) is 11.4. The number of aliphatic hydroxyl groups is 1. The number of nitrogens with one attached hydrogen (secondary N) is 1. The topological polar surface area (TPSA) is 78.4 Å². The van der Waals surface area contributed by atoms with Crippen molar-refractivity contribution in [3.8, 4) is 0 Å². The van der Waals surface area contributed by atoms with Crippen molar-refractivity contribution in [1.29, 1.82) is 0 Å². The van der Waals surface area contributed by atoms with E-state index in [1.54, 1.807) is 22.9 Å². The summed E-state index contributed by atoms with van der Waals surface area (Å²) in [4.78, 5) is 24.5. The number of aromatic nitrogens is 2. The van der Waals surface area contributed by atoms with E-state index in [4.69, 9.17) is 0 Å².